The van der Waals surface area contributed by atoms with Crippen LogP contribution in [-0.2, 0) is 4.79 Å². The summed E-state index contributed by atoms with van der Waals surface area (Å²) in [5.74, 6) is -1.44. The van der Waals surface area contributed by atoms with Crippen molar-refractivity contribution in [3.05, 3.63) is 0 Å². The second-order valence-electron chi connectivity index (χ2n) is 0.417. The summed E-state index contributed by atoms with van der Waals surface area (Å²) >= 11 is 0. The normalized spacial score (nSPS) is 4.50. The summed E-state index contributed by atoms with van der Waals surface area (Å²) < 4.78 is 0. The van der Waals surface area contributed by atoms with E-state index in [1.165, 1.54) is 0 Å². The van der Waals surface area contributed by atoms with Gasteiger partial charge in [0.15, 0.2) is 6.07 Å². The number of carboxylic acid groups (broad SMARTS) is 1. The summed E-state index contributed by atoms with van der Waals surface area (Å²) in [5.41, 5.74) is 0. The van der Waals surface area contributed by atoms with Crippen LogP contribution in [-0.4, -0.2) is 11.1 Å². The molecule has 0 saturated heterocycles. The third kappa shape index (κ3) is 10.5. The average molecular weight is 107 g/mol. The zero-order valence-electron chi connectivity index (χ0n) is 2.71. The number of nitriles is 1. The summed E-state index contributed by atoms with van der Waals surface area (Å²) in [5, 5.41) is 14.7. The van der Waals surface area contributed by atoms with Gasteiger partial charge in [-0.1, -0.05) is 0 Å². The largest absolute Gasteiger partial charge is 0.470 e. The lowest BCUT2D eigenvalue weighted by molar-refractivity contribution is -0.130. The topological polar surface area (TPSA) is 61.1 Å². The molecule has 0 aliphatic rings. The average Bonchev–Trinajstić information content (AvgIpc) is 1.38. The number of nitrogens with zero attached hydrogens (tertiary/aromatic N) is 1. The quantitative estimate of drug-likeness (QED) is 0.351. The van der Waals surface area contributed by atoms with Gasteiger partial charge in [0.1, 0.15) is 0 Å². The van der Waals surface area contributed by atoms with Gasteiger partial charge in [0.2, 0.25) is 0 Å². The Kier molecular flexibility index (Phi) is 6.36. The van der Waals surface area contributed by atoms with Gasteiger partial charge in [-0.2, -0.15) is 5.26 Å². The molecule has 0 spiro atoms. The highest BCUT2D eigenvalue weighted by molar-refractivity contribution is 5.85. The van der Waals surface area contributed by atoms with Crippen molar-refractivity contribution in [2.75, 3.05) is 0 Å². The molecule has 0 aromatic heterocycles. The van der Waals surface area contributed by atoms with Gasteiger partial charge < -0.3 is 5.11 Å². The lowest BCUT2D eigenvalue weighted by Crippen LogP contribution is -1.83. The monoisotopic (exact) mass is 107 g/mol. The predicted molar refractivity (Wildman–Crippen MR) is 20.5 cm³/mol. The Morgan fingerprint density at radius 2 is 2.00 bits per heavy atom. The van der Waals surface area contributed by atoms with Gasteiger partial charge in [-0.3, -0.25) is 0 Å². The Balaban J connectivity index is 0. The van der Waals surface area contributed by atoms with Crippen LogP contribution in [0.5, 0.6) is 0 Å². The van der Waals surface area contributed by atoms with E-state index in [9.17, 15) is 0 Å². The molecular formula is C2H2ClNO2. The van der Waals surface area contributed by atoms with Crippen LogP contribution in [0.1, 0.15) is 0 Å². The van der Waals surface area contributed by atoms with Gasteiger partial charge >= 0.3 is 5.97 Å². The molecule has 0 aromatic rings. The van der Waals surface area contributed by atoms with Crippen LogP contribution in [0.3, 0.4) is 0 Å². The Hall–Kier alpha value is -0.750. The van der Waals surface area contributed by atoms with E-state index in [0.717, 1.165) is 6.07 Å². The van der Waals surface area contributed by atoms with E-state index < -0.39 is 5.97 Å². The lowest BCUT2D eigenvalue weighted by atomic mass is 10.8. The molecule has 0 aliphatic heterocycles. The summed E-state index contributed by atoms with van der Waals surface area (Å²) in [6.07, 6.45) is 0. The number of aliphatic carboxylic acids is 1. The number of carboxylic acids is 1. The number of hydrogen-bond acceptors (Lipinski definition) is 2. The summed E-state index contributed by atoms with van der Waals surface area (Å²) in [4.78, 5) is 9.01. The molecule has 0 unspecified atom stereocenters. The molecule has 34 valence electrons. The summed E-state index contributed by atoms with van der Waals surface area (Å²) in [6.45, 7) is 0. The first-order valence-electron chi connectivity index (χ1n) is 0.901. The Morgan fingerprint density at radius 3 is 2.00 bits per heavy atom. The van der Waals surface area contributed by atoms with Crippen LogP contribution < -0.4 is 0 Å². The molecule has 0 radical (unpaired) electrons. The molecule has 4 heteroatoms. The molecule has 6 heavy (non-hydrogen) atoms. The van der Waals surface area contributed by atoms with Crippen LogP contribution in [0.4, 0.5) is 0 Å². The number of halogens is 1. The van der Waals surface area contributed by atoms with Crippen molar-refractivity contribution in [2.45, 2.75) is 0 Å². The van der Waals surface area contributed by atoms with Gasteiger partial charge in [-0.15, -0.1) is 12.4 Å². The Bertz CT molecular complexity index is 84.0. The molecule has 0 aliphatic carbocycles. The molecular weight excluding hydrogens is 105 g/mol. The van der Waals surface area contributed by atoms with Crippen LogP contribution in [0, 0.1) is 11.3 Å². The van der Waals surface area contributed by atoms with E-state index in [1.54, 1.807) is 0 Å². The van der Waals surface area contributed by atoms with E-state index in [4.69, 9.17) is 15.2 Å². The first kappa shape index (κ1) is 8.98. The summed E-state index contributed by atoms with van der Waals surface area (Å²) in [7, 11) is 0. The van der Waals surface area contributed by atoms with Gasteiger partial charge in [-0.05, 0) is 0 Å². The molecule has 0 bridgehead atoms. The van der Waals surface area contributed by atoms with E-state index >= 15 is 0 Å². The number of rotatable bonds is 0. The Labute approximate surface area is 40.6 Å². The molecule has 0 heterocycles. The first-order chi connectivity index (χ1) is 2.27. The zero-order chi connectivity index (χ0) is 4.28. The first-order valence-corrected chi connectivity index (χ1v) is 0.901. The van der Waals surface area contributed by atoms with Crippen molar-refractivity contribution in [3.8, 4) is 6.07 Å². The minimum absolute atomic E-state index is 0. The lowest BCUT2D eigenvalue weighted by Gasteiger charge is -1.56. The van der Waals surface area contributed by atoms with Crippen molar-refractivity contribution in [1.82, 2.24) is 0 Å². The smallest absolute Gasteiger partial charge is 0.408 e. The van der Waals surface area contributed by atoms with E-state index in [2.05, 4.69) is 0 Å². The molecule has 0 atom stereocenters. The second-order valence-corrected chi connectivity index (χ2v) is 0.417. The van der Waals surface area contributed by atoms with Gasteiger partial charge in [0.05, 0.1) is 0 Å². The highest BCUT2D eigenvalue weighted by Gasteiger charge is 1.79. The fourth-order valence-corrected chi connectivity index (χ4v) is 0. The van der Waals surface area contributed by atoms with Crippen LogP contribution in [0.15, 0.2) is 0 Å². The van der Waals surface area contributed by atoms with Crippen LogP contribution in [0.25, 0.3) is 0 Å². The summed E-state index contributed by atoms with van der Waals surface area (Å²) in [6, 6.07) is 0.944. The molecule has 0 fully saturated rings. The van der Waals surface area contributed by atoms with Crippen molar-refractivity contribution < 1.29 is 9.90 Å². The second kappa shape index (κ2) is 4.25. The van der Waals surface area contributed by atoms with E-state index in [-0.39, 0.29) is 12.4 Å². The molecule has 0 saturated carbocycles. The van der Waals surface area contributed by atoms with Crippen molar-refractivity contribution in [1.29, 1.82) is 5.26 Å². The fraction of sp³-hybridized carbons (Fsp3) is 0. The molecule has 0 aromatic carbocycles. The van der Waals surface area contributed by atoms with Gasteiger partial charge in [0.25, 0.3) is 0 Å². The highest BCUT2D eigenvalue weighted by Crippen LogP contribution is 1.44. The number of hydrogen-bond donors (Lipinski definition) is 1. The van der Waals surface area contributed by atoms with Gasteiger partial charge in [-0.25, -0.2) is 4.79 Å². The Morgan fingerprint density at radius 1 is 1.83 bits per heavy atom. The molecule has 1 N–H and O–H groups in total. The van der Waals surface area contributed by atoms with Crippen molar-refractivity contribution in [2.24, 2.45) is 0 Å². The minimum Gasteiger partial charge on any atom is -0.470 e. The third-order valence-electron chi connectivity index (χ3n) is 0.0956. The molecule has 0 amide bonds. The van der Waals surface area contributed by atoms with Crippen LogP contribution in [0.2, 0.25) is 0 Å². The minimum atomic E-state index is -1.44. The predicted octanol–water partition coefficient (Wildman–Crippen LogP) is 0.0164. The number of carbonyl (C=O) groups is 1. The van der Waals surface area contributed by atoms with E-state index in [0.29, 0.717) is 0 Å². The van der Waals surface area contributed by atoms with Gasteiger partial charge in [0, 0.05) is 0 Å². The van der Waals surface area contributed by atoms with E-state index in [1.807, 2.05) is 0 Å². The van der Waals surface area contributed by atoms with Crippen LogP contribution >= 0.6 is 12.4 Å². The zero-order valence-corrected chi connectivity index (χ0v) is 3.53. The molecule has 0 rings (SSSR count). The standard InChI is InChI=1S/C2HNO2.ClH/c3-1-2(4)5;/h(H,4,5);1H. The van der Waals surface area contributed by atoms with Crippen molar-refractivity contribution in [3.63, 3.8) is 0 Å². The maximum atomic E-state index is 9.01. The highest BCUT2D eigenvalue weighted by atomic mass is 35.5. The molecule has 3 nitrogen and oxygen atoms in total. The van der Waals surface area contributed by atoms with Crippen molar-refractivity contribution >= 4 is 18.4 Å². The third-order valence-corrected chi connectivity index (χ3v) is 0.0956. The fourth-order valence-electron chi connectivity index (χ4n) is 0. The maximum Gasteiger partial charge on any atom is 0.408 e. The maximum absolute atomic E-state index is 9.01. The SMILES string of the molecule is Cl.N#CC(=O)O.